The Morgan fingerprint density at radius 3 is 2.20 bits per heavy atom. The molecule has 0 aliphatic heterocycles. The van der Waals surface area contributed by atoms with E-state index in [1.54, 1.807) is 0 Å². The van der Waals surface area contributed by atoms with E-state index in [1.807, 2.05) is 0 Å². The Bertz CT molecular complexity index is 121. The summed E-state index contributed by atoms with van der Waals surface area (Å²) in [7, 11) is 0.210. The molecule has 0 bridgehead atoms. The third-order valence-corrected chi connectivity index (χ3v) is 4.22. The van der Waals surface area contributed by atoms with Crippen molar-refractivity contribution in [2.24, 2.45) is 0 Å². The van der Waals surface area contributed by atoms with Crippen LogP contribution in [-0.2, 0) is 4.79 Å². The van der Waals surface area contributed by atoms with E-state index in [2.05, 4.69) is 13.3 Å². The Hall–Kier alpha value is 0.100. The van der Waals surface area contributed by atoms with Gasteiger partial charge >= 0.3 is 0 Å². The van der Waals surface area contributed by atoms with Crippen molar-refractivity contribution in [3.63, 3.8) is 0 Å². The number of hydrogen-bond acceptors (Lipinski definition) is 1. The van der Waals surface area contributed by atoms with Crippen molar-refractivity contribution in [1.82, 2.24) is 0 Å². The lowest BCUT2D eigenvalue weighted by Crippen LogP contribution is -2.16. The van der Waals surface area contributed by atoms with Gasteiger partial charge in [0.15, 0.2) is 0 Å². The molecule has 0 spiro atoms. The van der Waals surface area contributed by atoms with Gasteiger partial charge in [-0.05, 0) is 31.8 Å². The predicted octanol–water partition coefficient (Wildman–Crippen LogP) is 2.24. The molecule has 1 saturated carbocycles. The van der Waals surface area contributed by atoms with Gasteiger partial charge < -0.3 is 0 Å². The van der Waals surface area contributed by atoms with Crippen molar-refractivity contribution in [2.75, 3.05) is 13.3 Å². The van der Waals surface area contributed by atoms with Crippen molar-refractivity contribution >= 4 is 13.7 Å². The molecule has 0 saturated heterocycles. The first-order chi connectivity index (χ1) is 4.70. The smallest absolute Gasteiger partial charge is 0.132 e. The van der Waals surface area contributed by atoms with Crippen LogP contribution in [0.4, 0.5) is 0 Å². The molecular weight excluding hydrogens is 143 g/mol. The molecule has 0 radical (unpaired) electrons. The molecule has 0 aromatic rings. The van der Waals surface area contributed by atoms with Gasteiger partial charge in [0.05, 0.1) is 0 Å². The molecule has 0 atom stereocenters. The van der Waals surface area contributed by atoms with Gasteiger partial charge in [0, 0.05) is 12.8 Å². The summed E-state index contributed by atoms with van der Waals surface area (Å²) in [6.45, 7) is 4.63. The summed E-state index contributed by atoms with van der Waals surface area (Å²) in [4.78, 5) is 10.8. The molecule has 0 heterocycles. The van der Waals surface area contributed by atoms with Crippen LogP contribution in [0.15, 0.2) is 0 Å². The second-order valence-corrected chi connectivity index (χ2v) is 5.89. The first-order valence-corrected chi connectivity index (χ1v) is 6.19. The summed E-state index contributed by atoms with van der Waals surface area (Å²) in [5.41, 5.74) is 0.882. The molecule has 0 aromatic heterocycles. The Balaban J connectivity index is 2.33. The largest absolute Gasteiger partial charge is 0.300 e. The van der Waals surface area contributed by atoms with Crippen LogP contribution in [0.25, 0.3) is 0 Å². The van der Waals surface area contributed by atoms with E-state index in [4.69, 9.17) is 0 Å². The average Bonchev–Trinajstić information content (AvgIpc) is 1.88. The minimum absolute atomic E-state index is 0.210. The van der Waals surface area contributed by atoms with Crippen LogP contribution in [0.1, 0.15) is 25.7 Å². The zero-order chi connectivity index (χ0) is 7.56. The van der Waals surface area contributed by atoms with Gasteiger partial charge in [0.25, 0.3) is 0 Å². The van der Waals surface area contributed by atoms with Crippen LogP contribution < -0.4 is 0 Å². The Morgan fingerprint density at radius 1 is 1.30 bits per heavy atom. The Kier molecular flexibility index (Phi) is 2.85. The highest BCUT2D eigenvalue weighted by Gasteiger charge is 2.20. The van der Waals surface area contributed by atoms with Gasteiger partial charge in [-0.25, -0.2) is 0 Å². The quantitative estimate of drug-likeness (QED) is 0.535. The highest BCUT2D eigenvalue weighted by atomic mass is 31.1. The summed E-state index contributed by atoms with van der Waals surface area (Å²) < 4.78 is 0. The number of carbonyl (C=O) groups is 1. The van der Waals surface area contributed by atoms with Crippen LogP contribution in [-0.4, -0.2) is 24.8 Å². The van der Waals surface area contributed by atoms with Gasteiger partial charge in [-0.3, -0.25) is 4.79 Å². The van der Waals surface area contributed by atoms with Crippen molar-refractivity contribution < 1.29 is 4.79 Å². The maximum absolute atomic E-state index is 10.8. The molecule has 1 fully saturated rings. The van der Waals surface area contributed by atoms with Gasteiger partial charge in [-0.1, -0.05) is 0 Å². The highest BCUT2D eigenvalue weighted by Crippen LogP contribution is 2.40. The zero-order valence-corrected chi connectivity index (χ0v) is 7.66. The normalized spacial score (nSPS) is 22.1. The number of ketones is 1. The molecule has 1 nitrogen and oxygen atoms in total. The lowest BCUT2D eigenvalue weighted by molar-refractivity contribution is -0.120. The highest BCUT2D eigenvalue weighted by molar-refractivity contribution is 7.56. The summed E-state index contributed by atoms with van der Waals surface area (Å²) >= 11 is 0. The van der Waals surface area contributed by atoms with E-state index in [-0.39, 0.29) is 7.92 Å². The zero-order valence-electron chi connectivity index (χ0n) is 6.76. The van der Waals surface area contributed by atoms with E-state index < -0.39 is 0 Å². The van der Waals surface area contributed by atoms with E-state index >= 15 is 0 Å². The Labute approximate surface area is 63.9 Å². The standard InChI is InChI=1S/C8H15OP/c1-10(2)8-5-3-7(9)4-6-8/h8H,3-6H2,1-2H3. The fraction of sp³-hybridized carbons (Fsp3) is 0.875. The Morgan fingerprint density at radius 2 is 1.80 bits per heavy atom. The second kappa shape index (κ2) is 3.48. The SMILES string of the molecule is CP(C)C1CCC(=O)CC1. The van der Waals surface area contributed by atoms with Gasteiger partial charge in [0.2, 0.25) is 0 Å². The number of carbonyl (C=O) groups excluding carboxylic acids is 1. The van der Waals surface area contributed by atoms with Crippen LogP contribution in [0.3, 0.4) is 0 Å². The molecule has 2 heteroatoms. The van der Waals surface area contributed by atoms with Gasteiger partial charge in [-0.2, -0.15) is 0 Å². The molecule has 0 amide bonds. The maximum atomic E-state index is 10.8. The van der Waals surface area contributed by atoms with Crippen molar-refractivity contribution in [1.29, 1.82) is 0 Å². The van der Waals surface area contributed by atoms with Crippen molar-refractivity contribution in [2.45, 2.75) is 31.3 Å². The monoisotopic (exact) mass is 158 g/mol. The summed E-state index contributed by atoms with van der Waals surface area (Å²) in [5, 5.41) is 0. The summed E-state index contributed by atoms with van der Waals surface area (Å²) in [6, 6.07) is 0. The third kappa shape index (κ3) is 2.05. The summed E-state index contributed by atoms with van der Waals surface area (Å²) in [5.74, 6) is 0.480. The molecule has 58 valence electrons. The molecule has 0 aromatic carbocycles. The van der Waals surface area contributed by atoms with E-state index in [1.165, 1.54) is 0 Å². The number of hydrogen-bond donors (Lipinski definition) is 0. The third-order valence-electron chi connectivity index (χ3n) is 2.24. The minimum Gasteiger partial charge on any atom is -0.300 e. The van der Waals surface area contributed by atoms with E-state index in [0.717, 1.165) is 31.3 Å². The van der Waals surface area contributed by atoms with Crippen LogP contribution >= 0.6 is 7.92 Å². The fourth-order valence-electron chi connectivity index (χ4n) is 1.44. The molecule has 1 aliphatic rings. The van der Waals surface area contributed by atoms with Gasteiger partial charge in [-0.15, -0.1) is 7.92 Å². The van der Waals surface area contributed by atoms with Crippen LogP contribution in [0.5, 0.6) is 0 Å². The molecule has 0 N–H and O–H groups in total. The van der Waals surface area contributed by atoms with Gasteiger partial charge in [0.1, 0.15) is 5.78 Å². The van der Waals surface area contributed by atoms with Crippen LogP contribution in [0.2, 0.25) is 0 Å². The predicted molar refractivity (Wildman–Crippen MR) is 46.0 cm³/mol. The molecule has 10 heavy (non-hydrogen) atoms. The topological polar surface area (TPSA) is 17.1 Å². The van der Waals surface area contributed by atoms with E-state index in [9.17, 15) is 4.79 Å². The first-order valence-electron chi connectivity index (χ1n) is 3.88. The first kappa shape index (κ1) is 8.20. The van der Waals surface area contributed by atoms with Crippen LogP contribution in [0, 0.1) is 0 Å². The maximum Gasteiger partial charge on any atom is 0.132 e. The fourth-order valence-corrected chi connectivity index (χ4v) is 2.73. The molecular formula is C8H15OP. The van der Waals surface area contributed by atoms with E-state index in [0.29, 0.717) is 5.78 Å². The molecule has 1 rings (SSSR count). The number of Topliss-reactive ketones (excluding diaryl/α,β-unsaturated/α-hetero) is 1. The van der Waals surface area contributed by atoms with Crippen molar-refractivity contribution in [3.05, 3.63) is 0 Å². The average molecular weight is 158 g/mol. The minimum atomic E-state index is 0.210. The molecule has 0 unspecified atom stereocenters. The lowest BCUT2D eigenvalue weighted by atomic mass is 9.99. The molecule has 1 aliphatic carbocycles. The summed E-state index contributed by atoms with van der Waals surface area (Å²) in [6.07, 6.45) is 4.03. The second-order valence-electron chi connectivity index (χ2n) is 3.23. The van der Waals surface area contributed by atoms with Crippen molar-refractivity contribution in [3.8, 4) is 0 Å². The number of rotatable bonds is 1. The lowest BCUT2D eigenvalue weighted by Gasteiger charge is -2.24.